The molecule has 1 aliphatic heterocycles. The second-order valence-electron chi connectivity index (χ2n) is 4.80. The van der Waals surface area contributed by atoms with E-state index in [-0.39, 0.29) is 5.54 Å². The van der Waals surface area contributed by atoms with Crippen molar-refractivity contribution in [2.24, 2.45) is 0 Å². The zero-order valence-electron chi connectivity index (χ0n) is 9.74. The topological polar surface area (TPSA) is 25.4 Å². The highest BCUT2D eigenvalue weighted by Crippen LogP contribution is 2.22. The molecule has 4 heteroatoms. The number of pyridine rings is 1. The average molecular weight is 285 g/mol. The fraction of sp³-hybridized carbons (Fsp3) is 0.583. The summed E-state index contributed by atoms with van der Waals surface area (Å²) in [6, 6.07) is 2.12. The van der Waals surface area contributed by atoms with E-state index in [0.717, 1.165) is 30.8 Å². The molecular formula is C12H17BrN2O. The van der Waals surface area contributed by atoms with Gasteiger partial charge < -0.3 is 4.74 Å². The van der Waals surface area contributed by atoms with Crippen molar-refractivity contribution >= 4 is 15.9 Å². The Morgan fingerprint density at radius 1 is 1.50 bits per heavy atom. The molecule has 0 saturated carbocycles. The summed E-state index contributed by atoms with van der Waals surface area (Å²) < 4.78 is 6.55. The van der Waals surface area contributed by atoms with Gasteiger partial charge in [-0.1, -0.05) is 0 Å². The third-order valence-corrected chi connectivity index (χ3v) is 3.39. The van der Waals surface area contributed by atoms with Crippen molar-refractivity contribution < 1.29 is 4.74 Å². The zero-order valence-corrected chi connectivity index (χ0v) is 11.3. The fourth-order valence-electron chi connectivity index (χ4n) is 1.95. The minimum atomic E-state index is 0.112. The number of aromatic nitrogens is 1. The van der Waals surface area contributed by atoms with Gasteiger partial charge in [-0.3, -0.25) is 9.88 Å². The van der Waals surface area contributed by atoms with E-state index >= 15 is 0 Å². The summed E-state index contributed by atoms with van der Waals surface area (Å²) in [5, 5.41) is 0. The third-order valence-electron chi connectivity index (χ3n) is 2.95. The lowest BCUT2D eigenvalue weighted by Crippen LogP contribution is -2.52. The number of hydrogen-bond acceptors (Lipinski definition) is 3. The van der Waals surface area contributed by atoms with Gasteiger partial charge in [-0.2, -0.15) is 0 Å². The van der Waals surface area contributed by atoms with E-state index in [1.54, 1.807) is 0 Å². The molecule has 0 amide bonds. The lowest BCUT2D eigenvalue weighted by molar-refractivity contribution is -0.0553. The number of halogens is 1. The summed E-state index contributed by atoms with van der Waals surface area (Å²) in [7, 11) is 0. The Balaban J connectivity index is 2.08. The highest BCUT2D eigenvalue weighted by molar-refractivity contribution is 9.10. The van der Waals surface area contributed by atoms with Gasteiger partial charge in [0.25, 0.3) is 0 Å². The number of hydrogen-bond donors (Lipinski definition) is 0. The van der Waals surface area contributed by atoms with Crippen LogP contribution in [0.1, 0.15) is 19.4 Å². The first-order valence-electron chi connectivity index (χ1n) is 5.50. The summed E-state index contributed by atoms with van der Waals surface area (Å²) >= 11 is 3.45. The lowest BCUT2D eigenvalue weighted by Gasteiger charge is -2.42. The maximum absolute atomic E-state index is 5.51. The molecule has 0 unspecified atom stereocenters. The fourth-order valence-corrected chi connectivity index (χ4v) is 2.36. The van der Waals surface area contributed by atoms with E-state index in [1.807, 2.05) is 12.4 Å². The van der Waals surface area contributed by atoms with Crippen LogP contribution in [0.25, 0.3) is 0 Å². The summed E-state index contributed by atoms with van der Waals surface area (Å²) in [6.45, 7) is 7.98. The molecule has 1 fully saturated rings. The first kappa shape index (κ1) is 12.0. The molecule has 2 heterocycles. The highest BCUT2D eigenvalue weighted by atomic mass is 79.9. The Kier molecular flexibility index (Phi) is 3.62. The third kappa shape index (κ3) is 2.81. The monoisotopic (exact) mass is 284 g/mol. The molecule has 1 saturated heterocycles. The Hall–Kier alpha value is -0.450. The van der Waals surface area contributed by atoms with Gasteiger partial charge in [-0.15, -0.1) is 0 Å². The van der Waals surface area contributed by atoms with Gasteiger partial charge in [0.15, 0.2) is 0 Å². The van der Waals surface area contributed by atoms with Crippen LogP contribution in [0.3, 0.4) is 0 Å². The molecule has 0 aliphatic carbocycles. The van der Waals surface area contributed by atoms with E-state index in [9.17, 15) is 0 Å². The first-order chi connectivity index (χ1) is 7.58. The van der Waals surface area contributed by atoms with Crippen molar-refractivity contribution in [3.8, 4) is 0 Å². The lowest BCUT2D eigenvalue weighted by atomic mass is 10.0. The standard InChI is InChI=1S/C12H17BrN2O/c1-12(2)9-16-4-3-15(12)8-10-5-11(13)7-14-6-10/h5-7H,3-4,8-9H2,1-2H3. The van der Waals surface area contributed by atoms with Gasteiger partial charge in [-0.05, 0) is 41.4 Å². The molecule has 0 bridgehead atoms. The maximum Gasteiger partial charge on any atom is 0.0645 e. The molecule has 3 nitrogen and oxygen atoms in total. The Morgan fingerprint density at radius 2 is 2.31 bits per heavy atom. The predicted molar refractivity (Wildman–Crippen MR) is 67.2 cm³/mol. The highest BCUT2D eigenvalue weighted by Gasteiger charge is 2.30. The van der Waals surface area contributed by atoms with Crippen molar-refractivity contribution in [3.63, 3.8) is 0 Å². The van der Waals surface area contributed by atoms with Crippen LogP contribution in [-0.4, -0.2) is 35.2 Å². The maximum atomic E-state index is 5.51. The van der Waals surface area contributed by atoms with Gasteiger partial charge >= 0.3 is 0 Å². The quantitative estimate of drug-likeness (QED) is 0.834. The van der Waals surface area contributed by atoms with Gasteiger partial charge in [-0.25, -0.2) is 0 Å². The molecule has 1 aliphatic rings. The van der Waals surface area contributed by atoms with Crippen LogP contribution in [-0.2, 0) is 11.3 Å². The SMILES string of the molecule is CC1(C)COCCN1Cc1cncc(Br)c1. The molecular weight excluding hydrogens is 268 g/mol. The minimum Gasteiger partial charge on any atom is -0.378 e. The summed E-state index contributed by atoms with van der Waals surface area (Å²) in [5.41, 5.74) is 1.35. The molecule has 1 aromatic heterocycles. The van der Waals surface area contributed by atoms with Crippen LogP contribution in [0.5, 0.6) is 0 Å². The molecule has 16 heavy (non-hydrogen) atoms. The Bertz CT molecular complexity index is 368. The van der Waals surface area contributed by atoms with Crippen LogP contribution < -0.4 is 0 Å². The smallest absolute Gasteiger partial charge is 0.0645 e. The molecule has 0 atom stereocenters. The van der Waals surface area contributed by atoms with Crippen LogP contribution >= 0.6 is 15.9 Å². The minimum absolute atomic E-state index is 0.112. The van der Waals surface area contributed by atoms with Crippen LogP contribution in [0.15, 0.2) is 22.9 Å². The van der Waals surface area contributed by atoms with E-state index in [4.69, 9.17) is 4.74 Å². The van der Waals surface area contributed by atoms with Crippen molar-refractivity contribution in [1.82, 2.24) is 9.88 Å². The largest absolute Gasteiger partial charge is 0.378 e. The van der Waals surface area contributed by atoms with Gasteiger partial charge in [0.05, 0.1) is 13.2 Å². The first-order valence-corrected chi connectivity index (χ1v) is 6.29. The molecule has 2 rings (SSSR count). The summed E-state index contributed by atoms with van der Waals surface area (Å²) in [6.07, 6.45) is 3.74. The average Bonchev–Trinajstić information content (AvgIpc) is 2.21. The van der Waals surface area contributed by atoms with Crippen LogP contribution in [0, 0.1) is 0 Å². The molecule has 0 spiro atoms. The Morgan fingerprint density at radius 3 is 3.00 bits per heavy atom. The van der Waals surface area contributed by atoms with Crippen molar-refractivity contribution in [2.75, 3.05) is 19.8 Å². The number of morpholine rings is 1. The van der Waals surface area contributed by atoms with E-state index in [2.05, 4.69) is 45.7 Å². The van der Waals surface area contributed by atoms with E-state index in [1.165, 1.54) is 5.56 Å². The molecule has 1 aromatic rings. The van der Waals surface area contributed by atoms with E-state index in [0.29, 0.717) is 0 Å². The molecule has 88 valence electrons. The zero-order chi connectivity index (χ0) is 11.6. The second kappa shape index (κ2) is 4.82. The van der Waals surface area contributed by atoms with Crippen molar-refractivity contribution in [1.29, 1.82) is 0 Å². The Labute approximate surface area is 105 Å². The summed E-state index contributed by atoms with van der Waals surface area (Å²) in [5.74, 6) is 0. The number of nitrogens with zero attached hydrogens (tertiary/aromatic N) is 2. The molecule has 0 radical (unpaired) electrons. The van der Waals surface area contributed by atoms with Gasteiger partial charge in [0.2, 0.25) is 0 Å². The normalized spacial score (nSPS) is 20.9. The predicted octanol–water partition coefficient (Wildman–Crippen LogP) is 2.45. The molecule has 0 aromatic carbocycles. The van der Waals surface area contributed by atoms with Crippen molar-refractivity contribution in [2.45, 2.75) is 25.9 Å². The van der Waals surface area contributed by atoms with Gasteiger partial charge in [0, 0.05) is 35.5 Å². The summed E-state index contributed by atoms with van der Waals surface area (Å²) in [4.78, 5) is 6.64. The second-order valence-corrected chi connectivity index (χ2v) is 5.71. The molecule has 0 N–H and O–H groups in total. The van der Waals surface area contributed by atoms with E-state index < -0.39 is 0 Å². The number of ether oxygens (including phenoxy) is 1. The van der Waals surface area contributed by atoms with Crippen LogP contribution in [0.4, 0.5) is 0 Å². The van der Waals surface area contributed by atoms with Crippen molar-refractivity contribution in [3.05, 3.63) is 28.5 Å². The number of rotatable bonds is 2. The van der Waals surface area contributed by atoms with Crippen LogP contribution in [0.2, 0.25) is 0 Å². The van der Waals surface area contributed by atoms with Gasteiger partial charge in [0.1, 0.15) is 0 Å².